The van der Waals surface area contributed by atoms with Crippen LogP contribution in [-0.2, 0) is 9.53 Å². The third kappa shape index (κ3) is 4.89. The Bertz CT molecular complexity index is 719. The second-order valence-electron chi connectivity index (χ2n) is 5.52. The highest BCUT2D eigenvalue weighted by atomic mass is 16.5. The quantitative estimate of drug-likeness (QED) is 0.809. The van der Waals surface area contributed by atoms with E-state index in [1.165, 1.54) is 7.11 Å². The lowest BCUT2D eigenvalue weighted by atomic mass is 10.1. The summed E-state index contributed by atoms with van der Waals surface area (Å²) in [6.07, 6.45) is 0. The van der Waals surface area contributed by atoms with Crippen LogP contribution in [0.15, 0.2) is 54.6 Å². The zero-order chi connectivity index (χ0) is 18.2. The average Bonchev–Trinajstić information content (AvgIpc) is 2.63. The first-order chi connectivity index (χ1) is 12.1. The number of benzene rings is 2. The van der Waals surface area contributed by atoms with Gasteiger partial charge in [0, 0.05) is 30.6 Å². The molecule has 0 unspecified atom stereocenters. The maximum atomic E-state index is 12.8. The molecular weight excluding hydrogens is 318 g/mol. The van der Waals surface area contributed by atoms with Crippen molar-refractivity contribution in [1.29, 1.82) is 0 Å². The van der Waals surface area contributed by atoms with Crippen molar-refractivity contribution in [1.82, 2.24) is 0 Å². The lowest BCUT2D eigenvalue weighted by molar-refractivity contribution is -0.118. The summed E-state index contributed by atoms with van der Waals surface area (Å²) in [5, 5.41) is 2.70. The second-order valence-corrected chi connectivity index (χ2v) is 5.52. The highest BCUT2D eigenvalue weighted by Crippen LogP contribution is 2.18. The fourth-order valence-corrected chi connectivity index (χ4v) is 2.43. The Kier molecular flexibility index (Phi) is 6.68. The average molecular weight is 341 g/mol. The molecule has 0 bridgehead atoms. The van der Waals surface area contributed by atoms with E-state index in [1.807, 2.05) is 37.3 Å². The molecule has 0 heterocycles. The summed E-state index contributed by atoms with van der Waals surface area (Å²) in [6, 6.07) is 15.5. The Morgan fingerprint density at radius 1 is 1.16 bits per heavy atom. The number of nitrogens with zero attached hydrogens (tertiary/aromatic N) is 1. The van der Waals surface area contributed by atoms with Crippen molar-refractivity contribution in [2.24, 2.45) is 5.73 Å². The standard InChI is InChI=1S/C19H23N3O3/c1-3-22(16-10-5-4-6-11-16)19(24)14-8-7-9-15(12-14)21-18(23)17(20)13-25-2/h4-12,17H,3,13,20H2,1-2H3,(H,21,23)/t17-/m0/s1. The van der Waals surface area contributed by atoms with Crippen LogP contribution < -0.4 is 16.0 Å². The summed E-state index contributed by atoms with van der Waals surface area (Å²) in [5.74, 6) is -0.493. The summed E-state index contributed by atoms with van der Waals surface area (Å²) in [6.45, 7) is 2.58. The first-order valence-corrected chi connectivity index (χ1v) is 8.09. The van der Waals surface area contributed by atoms with E-state index in [0.717, 1.165) is 5.69 Å². The van der Waals surface area contributed by atoms with Gasteiger partial charge in [-0.3, -0.25) is 9.59 Å². The van der Waals surface area contributed by atoms with E-state index in [4.69, 9.17) is 10.5 Å². The van der Waals surface area contributed by atoms with Crippen molar-refractivity contribution in [3.8, 4) is 0 Å². The van der Waals surface area contributed by atoms with Gasteiger partial charge >= 0.3 is 0 Å². The van der Waals surface area contributed by atoms with Gasteiger partial charge in [0.25, 0.3) is 5.91 Å². The SMILES string of the molecule is CCN(C(=O)c1cccc(NC(=O)[C@@H](N)COC)c1)c1ccccc1. The number of amides is 2. The molecule has 0 aliphatic carbocycles. The van der Waals surface area contributed by atoms with E-state index in [0.29, 0.717) is 17.8 Å². The van der Waals surface area contributed by atoms with Gasteiger partial charge in [-0.1, -0.05) is 24.3 Å². The fourth-order valence-electron chi connectivity index (χ4n) is 2.43. The molecule has 0 saturated heterocycles. The molecular formula is C19H23N3O3. The topological polar surface area (TPSA) is 84.7 Å². The van der Waals surface area contributed by atoms with Gasteiger partial charge in [-0.2, -0.15) is 0 Å². The Labute approximate surface area is 147 Å². The van der Waals surface area contributed by atoms with E-state index < -0.39 is 6.04 Å². The summed E-state index contributed by atoms with van der Waals surface area (Å²) in [5.41, 5.74) is 7.54. The maximum Gasteiger partial charge on any atom is 0.258 e. The van der Waals surface area contributed by atoms with Gasteiger partial charge in [-0.25, -0.2) is 0 Å². The van der Waals surface area contributed by atoms with Crippen molar-refractivity contribution < 1.29 is 14.3 Å². The summed E-state index contributed by atoms with van der Waals surface area (Å²) in [7, 11) is 1.48. The Morgan fingerprint density at radius 3 is 2.52 bits per heavy atom. The van der Waals surface area contributed by atoms with Crippen molar-refractivity contribution in [3.63, 3.8) is 0 Å². The number of nitrogens with two attached hydrogens (primary N) is 1. The molecule has 0 spiro atoms. The minimum Gasteiger partial charge on any atom is -0.383 e. The number of ether oxygens (including phenoxy) is 1. The van der Waals surface area contributed by atoms with Gasteiger partial charge in [-0.15, -0.1) is 0 Å². The number of hydrogen-bond acceptors (Lipinski definition) is 4. The van der Waals surface area contributed by atoms with Crippen LogP contribution in [0.1, 0.15) is 17.3 Å². The van der Waals surface area contributed by atoms with Crippen molar-refractivity contribution in [3.05, 3.63) is 60.2 Å². The van der Waals surface area contributed by atoms with E-state index in [-0.39, 0.29) is 18.4 Å². The minimum absolute atomic E-state index is 0.127. The molecule has 2 rings (SSSR count). The van der Waals surface area contributed by atoms with Crippen LogP contribution in [0.5, 0.6) is 0 Å². The zero-order valence-corrected chi connectivity index (χ0v) is 14.4. The Morgan fingerprint density at radius 2 is 1.88 bits per heavy atom. The predicted molar refractivity (Wildman–Crippen MR) is 98.7 cm³/mol. The van der Waals surface area contributed by atoms with Crippen LogP contribution in [0.2, 0.25) is 0 Å². The van der Waals surface area contributed by atoms with Gasteiger partial charge in [0.15, 0.2) is 0 Å². The zero-order valence-electron chi connectivity index (χ0n) is 14.4. The number of carbonyl (C=O) groups excluding carboxylic acids is 2. The number of nitrogens with one attached hydrogen (secondary N) is 1. The Hall–Kier alpha value is -2.70. The van der Waals surface area contributed by atoms with Crippen molar-refractivity contribution in [2.45, 2.75) is 13.0 Å². The first kappa shape index (κ1) is 18.6. The van der Waals surface area contributed by atoms with E-state index >= 15 is 0 Å². The normalized spacial score (nSPS) is 11.6. The largest absolute Gasteiger partial charge is 0.383 e. The molecule has 0 aliphatic heterocycles. The number of para-hydroxylation sites is 1. The van der Waals surface area contributed by atoms with Crippen LogP contribution in [0.4, 0.5) is 11.4 Å². The second kappa shape index (κ2) is 8.96. The van der Waals surface area contributed by atoms with Crippen LogP contribution >= 0.6 is 0 Å². The monoisotopic (exact) mass is 341 g/mol. The Balaban J connectivity index is 2.17. The van der Waals surface area contributed by atoms with Gasteiger partial charge in [0.05, 0.1) is 6.61 Å². The number of hydrogen-bond donors (Lipinski definition) is 2. The molecule has 3 N–H and O–H groups in total. The summed E-state index contributed by atoms with van der Waals surface area (Å²) in [4.78, 5) is 26.5. The predicted octanol–water partition coefficient (Wildman–Crippen LogP) is 2.27. The van der Waals surface area contributed by atoms with Crippen LogP contribution in [-0.4, -0.2) is 38.1 Å². The molecule has 2 aromatic carbocycles. The molecule has 2 amide bonds. The van der Waals surface area contributed by atoms with Crippen LogP contribution in [0.3, 0.4) is 0 Å². The number of anilines is 2. The molecule has 25 heavy (non-hydrogen) atoms. The molecule has 132 valence electrons. The number of methoxy groups -OCH3 is 1. The number of carbonyl (C=O) groups is 2. The fraction of sp³-hybridized carbons (Fsp3) is 0.263. The smallest absolute Gasteiger partial charge is 0.258 e. The molecule has 0 saturated carbocycles. The highest BCUT2D eigenvalue weighted by molar-refractivity contribution is 6.07. The van der Waals surface area contributed by atoms with Crippen molar-refractivity contribution in [2.75, 3.05) is 30.5 Å². The van der Waals surface area contributed by atoms with Crippen LogP contribution in [0, 0.1) is 0 Å². The molecule has 6 nitrogen and oxygen atoms in total. The van der Waals surface area contributed by atoms with Gasteiger partial charge in [-0.05, 0) is 37.3 Å². The van der Waals surface area contributed by atoms with Gasteiger partial charge in [0.2, 0.25) is 5.91 Å². The molecule has 2 aromatic rings. The lowest BCUT2D eigenvalue weighted by Gasteiger charge is -2.21. The molecule has 1 atom stereocenters. The van der Waals surface area contributed by atoms with Gasteiger partial charge in [0.1, 0.15) is 6.04 Å². The third-order valence-corrected chi connectivity index (χ3v) is 3.69. The molecule has 6 heteroatoms. The van der Waals surface area contributed by atoms with Gasteiger partial charge < -0.3 is 20.7 Å². The van der Waals surface area contributed by atoms with Crippen molar-refractivity contribution >= 4 is 23.2 Å². The van der Waals surface area contributed by atoms with E-state index in [9.17, 15) is 9.59 Å². The number of rotatable bonds is 7. The van der Waals surface area contributed by atoms with Crippen LogP contribution in [0.25, 0.3) is 0 Å². The molecule has 0 aliphatic rings. The van der Waals surface area contributed by atoms with E-state index in [2.05, 4.69) is 5.32 Å². The molecule has 0 aromatic heterocycles. The van der Waals surface area contributed by atoms with E-state index in [1.54, 1.807) is 29.2 Å². The maximum absolute atomic E-state index is 12.8. The highest BCUT2D eigenvalue weighted by Gasteiger charge is 2.17. The third-order valence-electron chi connectivity index (χ3n) is 3.69. The summed E-state index contributed by atoms with van der Waals surface area (Å²) >= 11 is 0. The lowest BCUT2D eigenvalue weighted by Crippen LogP contribution is -2.39. The minimum atomic E-state index is -0.763. The molecule has 0 radical (unpaired) electrons. The first-order valence-electron chi connectivity index (χ1n) is 8.09. The molecule has 0 fully saturated rings. The summed E-state index contributed by atoms with van der Waals surface area (Å²) < 4.78 is 4.87.